The first-order valence-corrected chi connectivity index (χ1v) is 4.93. The van der Waals surface area contributed by atoms with E-state index in [1.54, 1.807) is 6.92 Å². The van der Waals surface area contributed by atoms with E-state index in [9.17, 15) is 9.59 Å². The number of hydrogen-bond donors (Lipinski definition) is 1. The molecule has 1 N–H and O–H groups in total. The minimum atomic E-state index is -1.28. The van der Waals surface area contributed by atoms with Gasteiger partial charge in [-0.1, -0.05) is 19.9 Å². The minimum Gasteiger partial charge on any atom is -0.463 e. The van der Waals surface area contributed by atoms with Crippen LogP contribution >= 0.6 is 0 Å². The van der Waals surface area contributed by atoms with E-state index in [0.29, 0.717) is 17.1 Å². The number of carbonyl (C=O) groups excluding carboxylic acids is 1. The highest BCUT2D eigenvalue weighted by Crippen LogP contribution is 2.08. The first kappa shape index (κ1) is 13.5. The molecular formula is C10H17NO4. The van der Waals surface area contributed by atoms with Crippen molar-refractivity contribution >= 4 is 12.1 Å². The van der Waals surface area contributed by atoms with Crippen molar-refractivity contribution in [3.05, 3.63) is 12.2 Å². The third-order valence-corrected chi connectivity index (χ3v) is 1.81. The Balaban J connectivity index is 4.10. The van der Waals surface area contributed by atoms with Gasteiger partial charge in [0.2, 0.25) is 0 Å². The number of carbonyl (C=O) groups is 2. The smallest absolute Gasteiger partial charge is 0.440 e. The second-order valence-corrected chi connectivity index (χ2v) is 3.06. The molecule has 0 aliphatic carbocycles. The monoisotopic (exact) mass is 215 g/mol. The van der Waals surface area contributed by atoms with E-state index in [0.717, 1.165) is 12.8 Å². The highest BCUT2D eigenvalue weighted by Gasteiger charge is 2.17. The van der Waals surface area contributed by atoms with Gasteiger partial charge in [0.05, 0.1) is 6.54 Å². The highest BCUT2D eigenvalue weighted by molar-refractivity contribution is 5.88. The summed E-state index contributed by atoms with van der Waals surface area (Å²) >= 11 is 0. The molecule has 0 fully saturated rings. The Labute approximate surface area is 89.3 Å². The zero-order valence-electron chi connectivity index (χ0n) is 9.15. The third-order valence-electron chi connectivity index (χ3n) is 1.81. The number of rotatable bonds is 5. The van der Waals surface area contributed by atoms with Gasteiger partial charge in [0.1, 0.15) is 0 Å². The SMILES string of the molecule is C=C(CCCC)C(=O)ON(CC)C(=O)O. The summed E-state index contributed by atoms with van der Waals surface area (Å²) in [5, 5.41) is 9.18. The zero-order chi connectivity index (χ0) is 11.8. The lowest BCUT2D eigenvalue weighted by Crippen LogP contribution is -2.32. The number of unbranched alkanes of at least 4 members (excludes halogenated alkanes) is 1. The predicted octanol–water partition coefficient (Wildman–Crippen LogP) is 2.19. The van der Waals surface area contributed by atoms with E-state index in [1.165, 1.54) is 0 Å². The molecule has 0 aromatic rings. The van der Waals surface area contributed by atoms with Gasteiger partial charge in [0, 0.05) is 5.57 Å². The van der Waals surface area contributed by atoms with E-state index >= 15 is 0 Å². The van der Waals surface area contributed by atoms with Gasteiger partial charge >= 0.3 is 12.1 Å². The summed E-state index contributed by atoms with van der Waals surface area (Å²) < 4.78 is 0. The molecule has 5 nitrogen and oxygen atoms in total. The van der Waals surface area contributed by atoms with Crippen LogP contribution in [0.1, 0.15) is 33.1 Å². The van der Waals surface area contributed by atoms with Crippen molar-refractivity contribution in [2.75, 3.05) is 6.54 Å². The largest absolute Gasteiger partial charge is 0.463 e. The number of carboxylic acid groups (broad SMARTS) is 1. The fraction of sp³-hybridized carbons (Fsp3) is 0.600. The standard InChI is InChI=1S/C10H17NO4/c1-4-6-7-8(3)9(12)15-11(5-2)10(13)14/h3-7H2,1-2H3,(H,13,14). The molecule has 0 spiro atoms. The van der Waals surface area contributed by atoms with Crippen LogP contribution in [0.4, 0.5) is 4.79 Å². The Hall–Kier alpha value is -1.52. The Morgan fingerprint density at radius 1 is 1.40 bits per heavy atom. The van der Waals surface area contributed by atoms with Gasteiger partial charge < -0.3 is 9.94 Å². The van der Waals surface area contributed by atoms with Gasteiger partial charge in [-0.3, -0.25) is 0 Å². The van der Waals surface area contributed by atoms with Gasteiger partial charge in [-0.2, -0.15) is 0 Å². The Bertz CT molecular complexity index is 250. The molecule has 0 saturated carbocycles. The molecule has 5 heteroatoms. The Morgan fingerprint density at radius 2 is 2.00 bits per heavy atom. The second kappa shape index (κ2) is 6.86. The lowest BCUT2D eigenvalue weighted by Gasteiger charge is -2.16. The van der Waals surface area contributed by atoms with E-state index in [1.807, 2.05) is 6.92 Å². The molecule has 0 aliphatic heterocycles. The summed E-state index contributed by atoms with van der Waals surface area (Å²) in [4.78, 5) is 26.4. The van der Waals surface area contributed by atoms with Crippen LogP contribution in [0.2, 0.25) is 0 Å². The van der Waals surface area contributed by atoms with Crippen LogP contribution in [-0.4, -0.2) is 28.8 Å². The van der Waals surface area contributed by atoms with Crippen molar-refractivity contribution in [1.29, 1.82) is 0 Å². The van der Waals surface area contributed by atoms with Gasteiger partial charge in [-0.25, -0.2) is 9.59 Å². The molecule has 0 aromatic carbocycles. The summed E-state index contributed by atoms with van der Waals surface area (Å²) in [7, 11) is 0. The van der Waals surface area contributed by atoms with Crippen molar-refractivity contribution in [3.63, 3.8) is 0 Å². The number of amides is 1. The predicted molar refractivity (Wildman–Crippen MR) is 55.2 cm³/mol. The van der Waals surface area contributed by atoms with E-state index in [2.05, 4.69) is 11.4 Å². The molecule has 0 atom stereocenters. The lowest BCUT2D eigenvalue weighted by molar-refractivity contribution is -0.174. The van der Waals surface area contributed by atoms with Crippen molar-refractivity contribution in [2.24, 2.45) is 0 Å². The molecule has 0 radical (unpaired) electrons. The fourth-order valence-electron chi connectivity index (χ4n) is 0.896. The molecule has 0 aliphatic rings. The second-order valence-electron chi connectivity index (χ2n) is 3.06. The summed E-state index contributed by atoms with van der Waals surface area (Å²) in [6.45, 7) is 7.22. The van der Waals surface area contributed by atoms with Gasteiger partial charge in [-0.15, -0.1) is 5.06 Å². The molecule has 15 heavy (non-hydrogen) atoms. The van der Waals surface area contributed by atoms with Crippen LogP contribution in [0, 0.1) is 0 Å². The summed E-state index contributed by atoms with van der Waals surface area (Å²) in [6.07, 6.45) is 1.04. The zero-order valence-corrected chi connectivity index (χ0v) is 9.15. The normalized spacial score (nSPS) is 9.47. The maximum Gasteiger partial charge on any atom is 0.440 e. The van der Waals surface area contributed by atoms with Crippen molar-refractivity contribution in [2.45, 2.75) is 33.1 Å². The quantitative estimate of drug-likeness (QED) is 0.564. The first-order valence-electron chi connectivity index (χ1n) is 4.93. The van der Waals surface area contributed by atoms with E-state index in [4.69, 9.17) is 5.11 Å². The Kier molecular flexibility index (Phi) is 6.17. The van der Waals surface area contributed by atoms with E-state index < -0.39 is 12.1 Å². The molecule has 0 rings (SSSR count). The van der Waals surface area contributed by atoms with Crippen molar-refractivity contribution in [3.8, 4) is 0 Å². The highest BCUT2D eigenvalue weighted by atomic mass is 16.7. The maximum absolute atomic E-state index is 11.3. The van der Waals surface area contributed by atoms with Gasteiger partial charge in [-0.05, 0) is 19.8 Å². The van der Waals surface area contributed by atoms with E-state index in [-0.39, 0.29) is 6.54 Å². The average Bonchev–Trinajstić information content (AvgIpc) is 2.21. The van der Waals surface area contributed by atoms with Crippen molar-refractivity contribution < 1.29 is 19.5 Å². The van der Waals surface area contributed by atoms with Crippen molar-refractivity contribution in [1.82, 2.24) is 5.06 Å². The van der Waals surface area contributed by atoms with Gasteiger partial charge in [0.25, 0.3) is 0 Å². The fourth-order valence-corrected chi connectivity index (χ4v) is 0.896. The molecule has 1 amide bonds. The third kappa shape index (κ3) is 5.05. The van der Waals surface area contributed by atoms with Crippen LogP contribution in [0.5, 0.6) is 0 Å². The summed E-state index contributed by atoms with van der Waals surface area (Å²) in [5.41, 5.74) is 0.302. The maximum atomic E-state index is 11.3. The van der Waals surface area contributed by atoms with Crippen LogP contribution < -0.4 is 0 Å². The summed E-state index contributed by atoms with van der Waals surface area (Å²) in [6, 6.07) is 0. The first-order chi connectivity index (χ1) is 7.02. The molecule has 86 valence electrons. The van der Waals surface area contributed by atoms with Crippen LogP contribution in [0.25, 0.3) is 0 Å². The number of nitrogens with zero attached hydrogens (tertiary/aromatic N) is 1. The molecule has 0 bridgehead atoms. The lowest BCUT2D eigenvalue weighted by atomic mass is 10.1. The molecule has 0 aromatic heterocycles. The molecule has 0 unspecified atom stereocenters. The topological polar surface area (TPSA) is 66.8 Å². The Morgan fingerprint density at radius 3 is 2.40 bits per heavy atom. The molecular weight excluding hydrogens is 198 g/mol. The molecule has 0 heterocycles. The summed E-state index contributed by atoms with van der Waals surface area (Å²) in [5.74, 6) is -0.673. The minimum absolute atomic E-state index is 0.0993. The number of hydrogen-bond acceptors (Lipinski definition) is 3. The average molecular weight is 215 g/mol. The number of hydroxylamine groups is 2. The van der Waals surface area contributed by atoms with Crippen LogP contribution in [-0.2, 0) is 9.63 Å². The molecule has 0 saturated heterocycles. The van der Waals surface area contributed by atoms with Gasteiger partial charge in [0.15, 0.2) is 0 Å². The van der Waals surface area contributed by atoms with Crippen LogP contribution in [0.3, 0.4) is 0 Å². The van der Waals surface area contributed by atoms with Crippen LogP contribution in [0.15, 0.2) is 12.2 Å².